The second-order valence-electron chi connectivity index (χ2n) is 5.79. The molecule has 2 saturated heterocycles. The van der Waals surface area contributed by atoms with Crippen LogP contribution in [0.2, 0.25) is 0 Å². The molecule has 2 rings (SSSR count). The summed E-state index contributed by atoms with van der Waals surface area (Å²) in [5.41, 5.74) is 0. The van der Waals surface area contributed by atoms with Crippen LogP contribution < -0.4 is 10.6 Å². The maximum Gasteiger partial charge on any atom is 0.191 e. The fourth-order valence-electron chi connectivity index (χ4n) is 3.08. The van der Waals surface area contributed by atoms with Crippen LogP contribution in [-0.4, -0.2) is 76.6 Å². The summed E-state index contributed by atoms with van der Waals surface area (Å²) in [6, 6.07) is 0.585. The normalized spacial score (nSPS) is 27.2. The summed E-state index contributed by atoms with van der Waals surface area (Å²) in [6.07, 6.45) is 5.19. The van der Waals surface area contributed by atoms with Gasteiger partial charge in [0.15, 0.2) is 5.96 Å². The zero-order valence-electron chi connectivity index (χ0n) is 13.4. The van der Waals surface area contributed by atoms with Gasteiger partial charge in [-0.3, -0.25) is 9.89 Å². The molecular weight excluding hydrogens is 268 g/mol. The van der Waals surface area contributed by atoms with E-state index in [9.17, 15) is 0 Å². The largest absolute Gasteiger partial charge is 0.383 e. The highest BCUT2D eigenvalue weighted by molar-refractivity contribution is 5.79. The van der Waals surface area contributed by atoms with Crippen LogP contribution in [0, 0.1) is 0 Å². The Bertz CT molecular complexity index is 319. The summed E-state index contributed by atoms with van der Waals surface area (Å²) in [4.78, 5) is 6.80. The molecule has 122 valence electrons. The van der Waals surface area contributed by atoms with Crippen molar-refractivity contribution < 1.29 is 9.47 Å². The zero-order valence-corrected chi connectivity index (χ0v) is 13.4. The molecule has 0 aliphatic carbocycles. The average Bonchev–Trinajstić information content (AvgIpc) is 3.16. The summed E-state index contributed by atoms with van der Waals surface area (Å²) >= 11 is 0. The number of aliphatic imine (C=N–C) groups is 1. The van der Waals surface area contributed by atoms with E-state index < -0.39 is 0 Å². The standard InChI is InChI=1S/C15H30N4O2/c1-16-15(18-12-14-6-4-9-21-14)17-11-13-5-3-7-19(13)8-10-20-2/h13-14H,3-12H2,1-2H3,(H2,16,17,18). The Labute approximate surface area is 128 Å². The van der Waals surface area contributed by atoms with Crippen LogP contribution in [0.4, 0.5) is 0 Å². The Morgan fingerprint density at radius 2 is 2.14 bits per heavy atom. The molecule has 0 spiro atoms. The van der Waals surface area contributed by atoms with Crippen LogP contribution in [0.5, 0.6) is 0 Å². The van der Waals surface area contributed by atoms with Gasteiger partial charge in [-0.1, -0.05) is 0 Å². The van der Waals surface area contributed by atoms with Crippen LogP contribution in [0.1, 0.15) is 25.7 Å². The highest BCUT2D eigenvalue weighted by Gasteiger charge is 2.24. The van der Waals surface area contributed by atoms with E-state index in [1.165, 1.54) is 25.8 Å². The molecule has 0 radical (unpaired) electrons. The number of hydrogen-bond acceptors (Lipinski definition) is 4. The van der Waals surface area contributed by atoms with Crippen LogP contribution in [0.25, 0.3) is 0 Å². The van der Waals surface area contributed by atoms with E-state index in [2.05, 4.69) is 20.5 Å². The van der Waals surface area contributed by atoms with Crippen molar-refractivity contribution in [2.75, 3.05) is 53.6 Å². The van der Waals surface area contributed by atoms with E-state index in [4.69, 9.17) is 9.47 Å². The molecule has 6 heteroatoms. The van der Waals surface area contributed by atoms with Crippen molar-refractivity contribution >= 4 is 5.96 Å². The van der Waals surface area contributed by atoms with Gasteiger partial charge in [0.05, 0.1) is 12.7 Å². The Balaban J connectivity index is 1.66. The van der Waals surface area contributed by atoms with Gasteiger partial charge in [-0.15, -0.1) is 0 Å². The molecule has 2 heterocycles. The van der Waals surface area contributed by atoms with Gasteiger partial charge < -0.3 is 20.1 Å². The Morgan fingerprint density at radius 1 is 1.29 bits per heavy atom. The van der Waals surface area contributed by atoms with Crippen molar-refractivity contribution in [3.63, 3.8) is 0 Å². The van der Waals surface area contributed by atoms with Crippen molar-refractivity contribution in [3.8, 4) is 0 Å². The number of likely N-dealkylation sites (tertiary alicyclic amines) is 1. The lowest BCUT2D eigenvalue weighted by atomic mass is 10.2. The van der Waals surface area contributed by atoms with Crippen molar-refractivity contribution in [1.29, 1.82) is 0 Å². The zero-order chi connectivity index (χ0) is 14.9. The summed E-state index contributed by atoms with van der Waals surface area (Å²) in [6.45, 7) is 5.69. The Morgan fingerprint density at radius 3 is 2.86 bits per heavy atom. The maximum absolute atomic E-state index is 5.62. The molecule has 2 fully saturated rings. The number of ether oxygens (including phenoxy) is 2. The van der Waals surface area contributed by atoms with Crippen LogP contribution in [0.15, 0.2) is 4.99 Å². The van der Waals surface area contributed by atoms with E-state index in [1.807, 2.05) is 7.05 Å². The Kier molecular flexibility index (Phi) is 7.26. The molecule has 2 aliphatic heterocycles. The minimum atomic E-state index is 0.341. The van der Waals surface area contributed by atoms with E-state index in [-0.39, 0.29) is 0 Å². The van der Waals surface area contributed by atoms with Gasteiger partial charge in [-0.25, -0.2) is 0 Å². The second kappa shape index (κ2) is 9.23. The predicted molar refractivity (Wildman–Crippen MR) is 84.8 cm³/mol. The van der Waals surface area contributed by atoms with Gasteiger partial charge in [0, 0.05) is 46.4 Å². The first-order chi connectivity index (χ1) is 10.3. The third-order valence-corrected chi connectivity index (χ3v) is 4.33. The molecule has 2 N–H and O–H groups in total. The number of methoxy groups -OCH3 is 1. The highest BCUT2D eigenvalue weighted by Crippen LogP contribution is 2.15. The lowest BCUT2D eigenvalue weighted by Gasteiger charge is -2.25. The maximum atomic E-state index is 5.62. The van der Waals surface area contributed by atoms with E-state index in [0.717, 1.165) is 45.2 Å². The highest BCUT2D eigenvalue weighted by atomic mass is 16.5. The molecule has 21 heavy (non-hydrogen) atoms. The monoisotopic (exact) mass is 298 g/mol. The Hall–Kier alpha value is -0.850. The summed E-state index contributed by atoms with van der Waals surface area (Å²) in [5, 5.41) is 6.81. The van der Waals surface area contributed by atoms with Crippen LogP contribution in [0.3, 0.4) is 0 Å². The minimum absolute atomic E-state index is 0.341. The van der Waals surface area contributed by atoms with Crippen molar-refractivity contribution in [2.24, 2.45) is 4.99 Å². The fourth-order valence-corrected chi connectivity index (χ4v) is 3.08. The number of guanidine groups is 1. The van der Waals surface area contributed by atoms with Crippen molar-refractivity contribution in [3.05, 3.63) is 0 Å². The van der Waals surface area contributed by atoms with E-state index >= 15 is 0 Å². The third-order valence-electron chi connectivity index (χ3n) is 4.33. The first-order valence-electron chi connectivity index (χ1n) is 8.12. The SMILES string of the molecule is CN=C(NCC1CCCO1)NCC1CCCN1CCOC. The topological polar surface area (TPSA) is 58.1 Å². The molecule has 0 amide bonds. The summed E-state index contributed by atoms with van der Waals surface area (Å²) in [7, 11) is 3.59. The number of nitrogens with one attached hydrogen (secondary N) is 2. The van der Waals surface area contributed by atoms with Gasteiger partial charge in [0.2, 0.25) is 0 Å². The van der Waals surface area contributed by atoms with Gasteiger partial charge >= 0.3 is 0 Å². The first-order valence-corrected chi connectivity index (χ1v) is 8.12. The lowest BCUT2D eigenvalue weighted by Crippen LogP contribution is -2.46. The molecule has 0 saturated carbocycles. The molecule has 0 bridgehead atoms. The molecule has 2 atom stereocenters. The molecule has 0 aromatic rings. The van der Waals surface area contributed by atoms with Gasteiger partial charge in [-0.2, -0.15) is 0 Å². The third kappa shape index (κ3) is 5.45. The van der Waals surface area contributed by atoms with Crippen LogP contribution >= 0.6 is 0 Å². The fraction of sp³-hybridized carbons (Fsp3) is 0.933. The van der Waals surface area contributed by atoms with Gasteiger partial charge in [0.1, 0.15) is 0 Å². The number of nitrogens with zero attached hydrogens (tertiary/aromatic N) is 2. The molecule has 6 nitrogen and oxygen atoms in total. The van der Waals surface area contributed by atoms with Crippen molar-refractivity contribution in [2.45, 2.75) is 37.8 Å². The molecule has 0 aromatic heterocycles. The minimum Gasteiger partial charge on any atom is -0.383 e. The molecule has 0 aromatic carbocycles. The molecule has 2 unspecified atom stereocenters. The van der Waals surface area contributed by atoms with E-state index in [1.54, 1.807) is 7.11 Å². The predicted octanol–water partition coefficient (Wildman–Crippen LogP) is 0.441. The van der Waals surface area contributed by atoms with Crippen molar-refractivity contribution in [1.82, 2.24) is 15.5 Å². The quantitative estimate of drug-likeness (QED) is 0.528. The molecule has 2 aliphatic rings. The summed E-state index contributed by atoms with van der Waals surface area (Å²) < 4.78 is 10.8. The number of rotatable bonds is 7. The average molecular weight is 298 g/mol. The van der Waals surface area contributed by atoms with Gasteiger partial charge in [0.25, 0.3) is 0 Å². The summed E-state index contributed by atoms with van der Waals surface area (Å²) in [5.74, 6) is 0.879. The lowest BCUT2D eigenvalue weighted by molar-refractivity contribution is 0.113. The molecular formula is C15H30N4O2. The van der Waals surface area contributed by atoms with Gasteiger partial charge in [-0.05, 0) is 32.2 Å². The second-order valence-corrected chi connectivity index (χ2v) is 5.79. The number of hydrogen-bond donors (Lipinski definition) is 2. The van der Waals surface area contributed by atoms with Crippen LogP contribution in [-0.2, 0) is 9.47 Å². The first kappa shape index (κ1) is 16.5. The smallest absolute Gasteiger partial charge is 0.191 e. The van der Waals surface area contributed by atoms with E-state index in [0.29, 0.717) is 12.1 Å².